The Labute approximate surface area is 90.0 Å². The molecular formula is C10H17N3S. The van der Waals surface area contributed by atoms with Crippen molar-refractivity contribution in [3.05, 3.63) is 0 Å². The van der Waals surface area contributed by atoms with Gasteiger partial charge in [-0.15, -0.1) is 0 Å². The molecule has 3 nitrogen and oxygen atoms in total. The molecule has 0 saturated heterocycles. The highest BCUT2D eigenvalue weighted by Crippen LogP contribution is 2.27. The fraction of sp³-hybridized carbons (Fsp3) is 0.800. The maximum Gasteiger partial charge on any atom is 0.183 e. The van der Waals surface area contributed by atoms with Gasteiger partial charge in [0.1, 0.15) is 0 Å². The molecule has 0 bridgehead atoms. The van der Waals surface area contributed by atoms with Gasteiger partial charge in [-0.2, -0.15) is 5.26 Å². The molecule has 1 saturated carbocycles. The molecule has 1 aliphatic carbocycles. The van der Waals surface area contributed by atoms with E-state index < -0.39 is 0 Å². The Morgan fingerprint density at radius 3 is 2.86 bits per heavy atom. The van der Waals surface area contributed by atoms with E-state index in [9.17, 15) is 0 Å². The second-order valence-electron chi connectivity index (χ2n) is 3.57. The number of hydrogen-bond donors (Lipinski definition) is 1. The molecule has 0 heterocycles. The zero-order valence-corrected chi connectivity index (χ0v) is 9.44. The monoisotopic (exact) mass is 211 g/mol. The van der Waals surface area contributed by atoms with Crippen molar-refractivity contribution in [2.75, 3.05) is 12.8 Å². The van der Waals surface area contributed by atoms with Crippen LogP contribution in [0, 0.1) is 17.4 Å². The summed E-state index contributed by atoms with van der Waals surface area (Å²) in [6, 6.07) is 0. The summed E-state index contributed by atoms with van der Waals surface area (Å²) in [7, 11) is 0. The van der Waals surface area contributed by atoms with Crippen LogP contribution in [-0.4, -0.2) is 18.0 Å². The van der Waals surface area contributed by atoms with Crippen LogP contribution in [0.25, 0.3) is 0 Å². The molecule has 78 valence electrons. The average Bonchev–Trinajstić information content (AvgIpc) is 2.69. The first-order valence-electron chi connectivity index (χ1n) is 5.10. The van der Waals surface area contributed by atoms with Gasteiger partial charge in [0.15, 0.2) is 11.4 Å². The normalized spacial score (nSPS) is 18.1. The van der Waals surface area contributed by atoms with E-state index in [1.165, 1.54) is 43.9 Å². The summed E-state index contributed by atoms with van der Waals surface area (Å²) in [5.41, 5.74) is 0. The number of rotatable bonds is 3. The number of nitrogens with one attached hydrogen (secondary N) is 1. The van der Waals surface area contributed by atoms with Gasteiger partial charge in [0.05, 0.1) is 0 Å². The van der Waals surface area contributed by atoms with Gasteiger partial charge < -0.3 is 0 Å². The lowest BCUT2D eigenvalue weighted by Gasteiger charge is -2.06. The van der Waals surface area contributed by atoms with Crippen molar-refractivity contribution < 1.29 is 0 Å². The lowest BCUT2D eigenvalue weighted by Crippen LogP contribution is -2.14. The predicted molar refractivity (Wildman–Crippen MR) is 61.1 cm³/mol. The van der Waals surface area contributed by atoms with Gasteiger partial charge >= 0.3 is 0 Å². The molecule has 0 unspecified atom stereocenters. The zero-order valence-electron chi connectivity index (χ0n) is 8.62. The SMILES string of the molecule is CSC(=NCCC1CCCC1)NC#N. The van der Waals surface area contributed by atoms with E-state index >= 15 is 0 Å². The van der Waals surface area contributed by atoms with Gasteiger partial charge in [-0.05, 0) is 18.6 Å². The van der Waals surface area contributed by atoms with E-state index in [2.05, 4.69) is 10.3 Å². The molecule has 14 heavy (non-hydrogen) atoms. The molecule has 0 spiro atoms. The summed E-state index contributed by atoms with van der Waals surface area (Å²) in [5, 5.41) is 11.7. The summed E-state index contributed by atoms with van der Waals surface area (Å²) < 4.78 is 0. The second kappa shape index (κ2) is 6.72. The molecule has 0 amide bonds. The Kier molecular flexibility index (Phi) is 5.46. The van der Waals surface area contributed by atoms with Crippen LogP contribution in [0.2, 0.25) is 0 Å². The van der Waals surface area contributed by atoms with E-state index in [0.717, 1.165) is 17.6 Å². The molecule has 1 fully saturated rings. The minimum Gasteiger partial charge on any atom is -0.272 e. The van der Waals surface area contributed by atoms with Gasteiger partial charge in [0.25, 0.3) is 0 Å². The Morgan fingerprint density at radius 1 is 1.57 bits per heavy atom. The van der Waals surface area contributed by atoms with Crippen molar-refractivity contribution in [2.24, 2.45) is 10.9 Å². The predicted octanol–water partition coefficient (Wildman–Crippen LogP) is 2.36. The number of thioether (sulfide) groups is 1. The molecule has 0 radical (unpaired) electrons. The van der Waals surface area contributed by atoms with Crippen LogP contribution < -0.4 is 5.32 Å². The lowest BCUT2D eigenvalue weighted by molar-refractivity contribution is 0.512. The van der Waals surface area contributed by atoms with Crippen molar-refractivity contribution in [1.82, 2.24) is 5.32 Å². The number of aliphatic imine (C=N–C) groups is 1. The van der Waals surface area contributed by atoms with E-state index in [1.807, 2.05) is 12.4 Å². The van der Waals surface area contributed by atoms with Crippen molar-refractivity contribution in [2.45, 2.75) is 32.1 Å². The quantitative estimate of drug-likeness (QED) is 0.337. The topological polar surface area (TPSA) is 48.2 Å². The van der Waals surface area contributed by atoms with Gasteiger partial charge in [0.2, 0.25) is 0 Å². The molecule has 0 atom stereocenters. The summed E-state index contributed by atoms with van der Waals surface area (Å²) in [5.74, 6) is 0.879. The Bertz CT molecular complexity index is 226. The number of hydrogen-bond acceptors (Lipinski definition) is 3. The largest absolute Gasteiger partial charge is 0.272 e. The second-order valence-corrected chi connectivity index (χ2v) is 4.36. The van der Waals surface area contributed by atoms with Crippen molar-refractivity contribution in [1.29, 1.82) is 5.26 Å². The van der Waals surface area contributed by atoms with E-state index in [0.29, 0.717) is 0 Å². The van der Waals surface area contributed by atoms with Crippen LogP contribution in [0.15, 0.2) is 4.99 Å². The van der Waals surface area contributed by atoms with Crippen LogP contribution >= 0.6 is 11.8 Å². The highest BCUT2D eigenvalue weighted by molar-refractivity contribution is 8.13. The van der Waals surface area contributed by atoms with Gasteiger partial charge in [-0.3, -0.25) is 10.3 Å². The minimum absolute atomic E-state index is 0.741. The van der Waals surface area contributed by atoms with Gasteiger partial charge in [0, 0.05) is 6.54 Å². The van der Waals surface area contributed by atoms with Crippen LogP contribution in [0.4, 0.5) is 0 Å². The number of amidine groups is 1. The first-order chi connectivity index (χ1) is 6.86. The standard InChI is InChI=1S/C10H17N3S/c1-14-10(13-8-11)12-7-6-9-4-2-3-5-9/h9H,2-7H2,1H3,(H,12,13). The fourth-order valence-corrected chi connectivity index (χ4v) is 2.22. The Morgan fingerprint density at radius 2 is 2.29 bits per heavy atom. The molecule has 1 rings (SSSR count). The molecule has 4 heteroatoms. The van der Waals surface area contributed by atoms with Crippen molar-refractivity contribution in [3.63, 3.8) is 0 Å². The van der Waals surface area contributed by atoms with E-state index in [-0.39, 0.29) is 0 Å². The van der Waals surface area contributed by atoms with E-state index in [4.69, 9.17) is 5.26 Å². The van der Waals surface area contributed by atoms with Crippen LogP contribution in [0.3, 0.4) is 0 Å². The third-order valence-corrected chi connectivity index (χ3v) is 3.24. The lowest BCUT2D eigenvalue weighted by atomic mass is 10.1. The number of nitriles is 1. The summed E-state index contributed by atoms with van der Waals surface area (Å²) in [6.45, 7) is 0.857. The molecule has 1 N–H and O–H groups in total. The summed E-state index contributed by atoms with van der Waals surface area (Å²) in [6.07, 6.45) is 10.5. The highest BCUT2D eigenvalue weighted by atomic mass is 32.2. The van der Waals surface area contributed by atoms with Crippen LogP contribution in [0.5, 0.6) is 0 Å². The number of nitrogens with zero attached hydrogens (tertiary/aromatic N) is 2. The molecule has 0 aromatic rings. The Balaban J connectivity index is 2.19. The first kappa shape index (κ1) is 11.4. The van der Waals surface area contributed by atoms with Crippen molar-refractivity contribution >= 4 is 16.9 Å². The molecule has 0 aliphatic heterocycles. The zero-order chi connectivity index (χ0) is 10.2. The van der Waals surface area contributed by atoms with Gasteiger partial charge in [-0.1, -0.05) is 37.4 Å². The minimum atomic E-state index is 0.741. The van der Waals surface area contributed by atoms with Crippen LogP contribution in [0.1, 0.15) is 32.1 Å². The van der Waals surface area contributed by atoms with Crippen molar-refractivity contribution in [3.8, 4) is 6.19 Å². The third kappa shape index (κ3) is 4.01. The summed E-state index contributed by atoms with van der Waals surface area (Å²) >= 11 is 1.49. The summed E-state index contributed by atoms with van der Waals surface area (Å²) in [4.78, 5) is 4.34. The highest BCUT2D eigenvalue weighted by Gasteiger charge is 2.13. The molecule has 0 aromatic heterocycles. The third-order valence-electron chi connectivity index (χ3n) is 2.62. The molecule has 1 aliphatic rings. The maximum atomic E-state index is 8.42. The maximum absolute atomic E-state index is 8.42. The van der Waals surface area contributed by atoms with E-state index in [1.54, 1.807) is 0 Å². The smallest absolute Gasteiger partial charge is 0.183 e. The van der Waals surface area contributed by atoms with Crippen LogP contribution in [-0.2, 0) is 0 Å². The van der Waals surface area contributed by atoms with Gasteiger partial charge in [-0.25, -0.2) is 0 Å². The average molecular weight is 211 g/mol. The Hall–Kier alpha value is -0.690. The molecule has 0 aromatic carbocycles. The molecular weight excluding hydrogens is 194 g/mol. The first-order valence-corrected chi connectivity index (χ1v) is 6.33. The fourth-order valence-electron chi connectivity index (χ4n) is 1.85.